The SMILES string of the molecule is CCC(C)NC(=O)CN1CCN(C(=O)c2cnn(C)c2)CC1. The highest BCUT2D eigenvalue weighted by Gasteiger charge is 2.24. The van der Waals surface area contributed by atoms with Gasteiger partial charge in [-0.15, -0.1) is 0 Å². The van der Waals surface area contributed by atoms with E-state index in [0.717, 1.165) is 19.5 Å². The van der Waals surface area contributed by atoms with Gasteiger partial charge in [0.15, 0.2) is 0 Å². The quantitative estimate of drug-likeness (QED) is 0.837. The number of hydrogen-bond acceptors (Lipinski definition) is 4. The average molecular weight is 307 g/mol. The molecular weight excluding hydrogens is 282 g/mol. The first kappa shape index (κ1) is 16.5. The fraction of sp³-hybridized carbons (Fsp3) is 0.667. The lowest BCUT2D eigenvalue weighted by atomic mass is 10.2. The van der Waals surface area contributed by atoms with Crippen molar-refractivity contribution in [2.24, 2.45) is 7.05 Å². The molecule has 1 unspecified atom stereocenters. The molecule has 1 N–H and O–H groups in total. The molecule has 1 aromatic rings. The van der Waals surface area contributed by atoms with Crippen LogP contribution in [0.2, 0.25) is 0 Å². The van der Waals surface area contributed by atoms with Crippen LogP contribution in [-0.2, 0) is 11.8 Å². The van der Waals surface area contributed by atoms with E-state index in [9.17, 15) is 9.59 Å². The number of piperazine rings is 1. The van der Waals surface area contributed by atoms with Crippen LogP contribution in [0.15, 0.2) is 12.4 Å². The molecule has 7 heteroatoms. The number of carbonyl (C=O) groups is 2. The van der Waals surface area contributed by atoms with Crippen molar-refractivity contribution in [3.63, 3.8) is 0 Å². The van der Waals surface area contributed by atoms with Crippen LogP contribution in [0.25, 0.3) is 0 Å². The first-order chi connectivity index (χ1) is 10.5. The zero-order valence-corrected chi connectivity index (χ0v) is 13.6. The Labute approximate surface area is 131 Å². The van der Waals surface area contributed by atoms with Crippen LogP contribution in [0.3, 0.4) is 0 Å². The van der Waals surface area contributed by atoms with Gasteiger partial charge in [-0.25, -0.2) is 0 Å². The van der Waals surface area contributed by atoms with Gasteiger partial charge in [0.1, 0.15) is 0 Å². The van der Waals surface area contributed by atoms with E-state index >= 15 is 0 Å². The van der Waals surface area contributed by atoms with E-state index < -0.39 is 0 Å². The van der Waals surface area contributed by atoms with Crippen LogP contribution in [-0.4, -0.2) is 70.2 Å². The Morgan fingerprint density at radius 3 is 2.55 bits per heavy atom. The molecule has 2 amide bonds. The second kappa shape index (κ2) is 7.40. The molecule has 0 bridgehead atoms. The maximum Gasteiger partial charge on any atom is 0.257 e. The summed E-state index contributed by atoms with van der Waals surface area (Å²) < 4.78 is 1.63. The first-order valence-corrected chi connectivity index (χ1v) is 7.79. The number of nitrogens with zero attached hydrogens (tertiary/aromatic N) is 4. The summed E-state index contributed by atoms with van der Waals surface area (Å²) in [6.45, 7) is 7.18. The van der Waals surface area contributed by atoms with Gasteiger partial charge in [0.2, 0.25) is 5.91 Å². The van der Waals surface area contributed by atoms with E-state index in [1.165, 1.54) is 0 Å². The largest absolute Gasteiger partial charge is 0.353 e. The summed E-state index contributed by atoms with van der Waals surface area (Å²) in [4.78, 5) is 28.1. The molecule has 1 aliphatic heterocycles. The standard InChI is InChI=1S/C15H25N5O2/c1-4-12(2)17-14(21)11-19-5-7-20(8-6-19)15(22)13-9-16-18(3)10-13/h9-10,12H,4-8,11H2,1-3H3,(H,17,21). The van der Waals surface area contributed by atoms with E-state index in [2.05, 4.69) is 15.3 Å². The predicted molar refractivity (Wildman–Crippen MR) is 83.4 cm³/mol. The van der Waals surface area contributed by atoms with Gasteiger partial charge in [-0.2, -0.15) is 5.10 Å². The third kappa shape index (κ3) is 4.30. The van der Waals surface area contributed by atoms with E-state index in [1.807, 2.05) is 18.7 Å². The summed E-state index contributed by atoms with van der Waals surface area (Å²) in [6.07, 6.45) is 4.25. The second-order valence-electron chi connectivity index (χ2n) is 5.85. The minimum absolute atomic E-state index is 0.0109. The number of rotatable bonds is 5. The van der Waals surface area contributed by atoms with Gasteiger partial charge in [-0.1, -0.05) is 6.92 Å². The molecule has 1 aromatic heterocycles. The van der Waals surface area contributed by atoms with Crippen LogP contribution in [0.1, 0.15) is 30.6 Å². The number of aryl methyl sites for hydroxylation is 1. The van der Waals surface area contributed by atoms with Crippen LogP contribution in [0.5, 0.6) is 0 Å². The zero-order valence-electron chi connectivity index (χ0n) is 13.6. The predicted octanol–water partition coefficient (Wildman–Crippen LogP) is 0.0926. The number of hydrogen-bond donors (Lipinski definition) is 1. The summed E-state index contributed by atoms with van der Waals surface area (Å²) in [5, 5.41) is 7.00. The highest BCUT2D eigenvalue weighted by Crippen LogP contribution is 2.08. The number of carbonyl (C=O) groups excluding carboxylic acids is 2. The second-order valence-corrected chi connectivity index (χ2v) is 5.85. The third-order valence-corrected chi connectivity index (χ3v) is 4.00. The van der Waals surface area contributed by atoms with Gasteiger partial charge in [0.25, 0.3) is 5.91 Å². The van der Waals surface area contributed by atoms with Crippen molar-refractivity contribution in [3.8, 4) is 0 Å². The normalized spacial score (nSPS) is 17.3. The van der Waals surface area contributed by atoms with Gasteiger partial charge >= 0.3 is 0 Å². The monoisotopic (exact) mass is 307 g/mol. The van der Waals surface area contributed by atoms with Gasteiger partial charge in [-0.05, 0) is 13.3 Å². The van der Waals surface area contributed by atoms with E-state index in [-0.39, 0.29) is 17.9 Å². The minimum Gasteiger partial charge on any atom is -0.353 e. The van der Waals surface area contributed by atoms with Crippen molar-refractivity contribution in [2.45, 2.75) is 26.3 Å². The van der Waals surface area contributed by atoms with Gasteiger partial charge in [-0.3, -0.25) is 19.2 Å². The summed E-state index contributed by atoms with van der Waals surface area (Å²) in [5.41, 5.74) is 0.616. The lowest BCUT2D eigenvalue weighted by Gasteiger charge is -2.34. The molecule has 122 valence electrons. The highest BCUT2D eigenvalue weighted by atomic mass is 16.2. The molecule has 0 spiro atoms. The molecule has 1 atom stereocenters. The maximum atomic E-state index is 12.3. The highest BCUT2D eigenvalue weighted by molar-refractivity contribution is 5.93. The molecule has 7 nitrogen and oxygen atoms in total. The molecule has 1 aliphatic rings. The molecule has 0 saturated carbocycles. The summed E-state index contributed by atoms with van der Waals surface area (Å²) in [5.74, 6) is 0.0678. The molecule has 2 rings (SSSR count). The number of nitrogens with one attached hydrogen (secondary N) is 1. The number of amides is 2. The van der Waals surface area contributed by atoms with Crippen molar-refractivity contribution in [1.82, 2.24) is 24.9 Å². The molecule has 1 saturated heterocycles. The fourth-order valence-electron chi connectivity index (χ4n) is 2.45. The van der Waals surface area contributed by atoms with Crippen molar-refractivity contribution < 1.29 is 9.59 Å². The van der Waals surface area contributed by atoms with Crippen LogP contribution >= 0.6 is 0 Å². The summed E-state index contributed by atoms with van der Waals surface area (Å²) in [6, 6.07) is 0.209. The van der Waals surface area contributed by atoms with E-state index in [4.69, 9.17) is 0 Å². The average Bonchev–Trinajstić information content (AvgIpc) is 2.93. The molecule has 2 heterocycles. The third-order valence-electron chi connectivity index (χ3n) is 4.00. The minimum atomic E-state index is 0.0109. The Hall–Kier alpha value is -1.89. The maximum absolute atomic E-state index is 12.3. The lowest BCUT2D eigenvalue weighted by Crippen LogP contribution is -2.51. The Kier molecular flexibility index (Phi) is 5.54. The smallest absolute Gasteiger partial charge is 0.257 e. The number of aromatic nitrogens is 2. The van der Waals surface area contributed by atoms with E-state index in [1.54, 1.807) is 24.1 Å². The molecule has 22 heavy (non-hydrogen) atoms. The summed E-state index contributed by atoms with van der Waals surface area (Å²) in [7, 11) is 1.80. The Morgan fingerprint density at radius 2 is 2.00 bits per heavy atom. The zero-order chi connectivity index (χ0) is 16.1. The molecule has 0 radical (unpaired) electrons. The van der Waals surface area contributed by atoms with Gasteiger partial charge < -0.3 is 10.2 Å². The van der Waals surface area contributed by atoms with Crippen molar-refractivity contribution in [1.29, 1.82) is 0 Å². The van der Waals surface area contributed by atoms with Crippen molar-refractivity contribution in [2.75, 3.05) is 32.7 Å². The Bertz CT molecular complexity index is 520. The summed E-state index contributed by atoms with van der Waals surface area (Å²) >= 11 is 0. The Morgan fingerprint density at radius 1 is 1.32 bits per heavy atom. The fourth-order valence-corrected chi connectivity index (χ4v) is 2.45. The van der Waals surface area contributed by atoms with Gasteiger partial charge in [0.05, 0.1) is 18.3 Å². The molecule has 0 aliphatic carbocycles. The topological polar surface area (TPSA) is 70.5 Å². The van der Waals surface area contributed by atoms with Crippen molar-refractivity contribution >= 4 is 11.8 Å². The van der Waals surface area contributed by atoms with Gasteiger partial charge in [0, 0.05) is 45.5 Å². The Balaban J connectivity index is 1.78. The van der Waals surface area contributed by atoms with Crippen LogP contribution in [0, 0.1) is 0 Å². The van der Waals surface area contributed by atoms with Crippen LogP contribution in [0.4, 0.5) is 0 Å². The lowest BCUT2D eigenvalue weighted by molar-refractivity contribution is -0.123. The van der Waals surface area contributed by atoms with Crippen molar-refractivity contribution in [3.05, 3.63) is 18.0 Å². The van der Waals surface area contributed by atoms with E-state index in [0.29, 0.717) is 25.2 Å². The van der Waals surface area contributed by atoms with Crippen LogP contribution < -0.4 is 5.32 Å². The molecular formula is C15H25N5O2. The molecule has 1 fully saturated rings. The molecule has 0 aromatic carbocycles. The first-order valence-electron chi connectivity index (χ1n) is 7.79.